The lowest BCUT2D eigenvalue weighted by Crippen LogP contribution is -1.97. The SMILES string of the molecule is CCCOc1ccc(OC)c(N)c1. The molecule has 1 aromatic carbocycles. The highest BCUT2D eigenvalue weighted by Gasteiger charge is 2.00. The number of methoxy groups -OCH3 is 1. The van der Waals surface area contributed by atoms with Gasteiger partial charge in [-0.2, -0.15) is 0 Å². The lowest BCUT2D eigenvalue weighted by molar-refractivity contribution is 0.317. The molecule has 0 saturated carbocycles. The van der Waals surface area contributed by atoms with Gasteiger partial charge in [0.15, 0.2) is 0 Å². The van der Waals surface area contributed by atoms with E-state index in [1.165, 1.54) is 0 Å². The van der Waals surface area contributed by atoms with Crippen LogP contribution in [0.5, 0.6) is 11.5 Å². The highest BCUT2D eigenvalue weighted by molar-refractivity contribution is 5.56. The zero-order valence-electron chi connectivity index (χ0n) is 8.04. The van der Waals surface area contributed by atoms with Crippen LogP contribution in [0.4, 0.5) is 5.69 Å². The summed E-state index contributed by atoms with van der Waals surface area (Å²) >= 11 is 0. The molecule has 0 unspecified atom stereocenters. The van der Waals surface area contributed by atoms with E-state index in [0.717, 1.165) is 12.2 Å². The lowest BCUT2D eigenvalue weighted by atomic mass is 10.3. The van der Waals surface area contributed by atoms with Gasteiger partial charge >= 0.3 is 0 Å². The molecule has 1 aromatic rings. The first-order valence-electron chi connectivity index (χ1n) is 4.34. The Morgan fingerprint density at radius 2 is 2.15 bits per heavy atom. The van der Waals surface area contributed by atoms with Crippen molar-refractivity contribution >= 4 is 5.69 Å². The summed E-state index contributed by atoms with van der Waals surface area (Å²) in [5.74, 6) is 1.48. The van der Waals surface area contributed by atoms with Gasteiger partial charge in [0.1, 0.15) is 11.5 Å². The molecule has 0 radical (unpaired) electrons. The molecule has 0 fully saturated rings. The van der Waals surface area contributed by atoms with E-state index in [4.69, 9.17) is 15.2 Å². The Labute approximate surface area is 78.5 Å². The summed E-state index contributed by atoms with van der Waals surface area (Å²) in [5, 5.41) is 0. The Morgan fingerprint density at radius 1 is 1.38 bits per heavy atom. The number of rotatable bonds is 4. The van der Waals surface area contributed by atoms with Crippen LogP contribution < -0.4 is 15.2 Å². The summed E-state index contributed by atoms with van der Waals surface area (Å²) in [5.41, 5.74) is 6.31. The van der Waals surface area contributed by atoms with E-state index in [9.17, 15) is 0 Å². The summed E-state index contributed by atoms with van der Waals surface area (Å²) in [6, 6.07) is 5.43. The van der Waals surface area contributed by atoms with Crippen LogP contribution in [0.3, 0.4) is 0 Å². The second-order valence-corrected chi connectivity index (χ2v) is 2.75. The van der Waals surface area contributed by atoms with Crippen molar-refractivity contribution in [3.05, 3.63) is 18.2 Å². The zero-order valence-corrected chi connectivity index (χ0v) is 8.04. The van der Waals surface area contributed by atoms with Crippen LogP contribution in [0.2, 0.25) is 0 Å². The van der Waals surface area contributed by atoms with Crippen LogP contribution in [0, 0.1) is 0 Å². The molecule has 0 saturated heterocycles. The van der Waals surface area contributed by atoms with Crippen LogP contribution in [0.1, 0.15) is 13.3 Å². The number of hydrogen-bond acceptors (Lipinski definition) is 3. The van der Waals surface area contributed by atoms with E-state index < -0.39 is 0 Å². The van der Waals surface area contributed by atoms with Crippen molar-refractivity contribution in [3.63, 3.8) is 0 Å². The van der Waals surface area contributed by atoms with Gasteiger partial charge in [-0.15, -0.1) is 0 Å². The lowest BCUT2D eigenvalue weighted by Gasteiger charge is -2.07. The van der Waals surface area contributed by atoms with E-state index >= 15 is 0 Å². The van der Waals surface area contributed by atoms with Crippen molar-refractivity contribution in [2.75, 3.05) is 19.5 Å². The highest BCUT2D eigenvalue weighted by Crippen LogP contribution is 2.25. The van der Waals surface area contributed by atoms with Gasteiger partial charge in [-0.05, 0) is 18.6 Å². The second kappa shape index (κ2) is 4.60. The van der Waals surface area contributed by atoms with Crippen LogP contribution in [0.25, 0.3) is 0 Å². The first-order chi connectivity index (χ1) is 6.27. The molecule has 0 spiro atoms. The average molecular weight is 181 g/mol. The van der Waals surface area contributed by atoms with Gasteiger partial charge in [0, 0.05) is 6.07 Å². The monoisotopic (exact) mass is 181 g/mol. The molecule has 3 heteroatoms. The van der Waals surface area contributed by atoms with E-state index in [0.29, 0.717) is 18.0 Å². The largest absolute Gasteiger partial charge is 0.495 e. The minimum Gasteiger partial charge on any atom is -0.495 e. The predicted octanol–water partition coefficient (Wildman–Crippen LogP) is 2.07. The average Bonchev–Trinajstić information content (AvgIpc) is 2.15. The summed E-state index contributed by atoms with van der Waals surface area (Å²) in [4.78, 5) is 0. The maximum Gasteiger partial charge on any atom is 0.142 e. The number of hydrogen-bond donors (Lipinski definition) is 1. The Kier molecular flexibility index (Phi) is 3.43. The van der Waals surface area contributed by atoms with Crippen molar-refractivity contribution in [1.29, 1.82) is 0 Å². The molecule has 72 valence electrons. The Bertz CT molecular complexity index is 274. The third-order valence-electron chi connectivity index (χ3n) is 1.67. The predicted molar refractivity (Wildman–Crippen MR) is 53.2 cm³/mol. The zero-order chi connectivity index (χ0) is 9.68. The fourth-order valence-electron chi connectivity index (χ4n) is 1.02. The number of nitrogens with two attached hydrogens (primary N) is 1. The standard InChI is InChI=1S/C10H15NO2/c1-3-6-13-8-4-5-10(12-2)9(11)7-8/h4-5,7H,3,6,11H2,1-2H3. The Balaban J connectivity index is 2.71. The molecule has 1 rings (SSSR count). The number of ether oxygens (including phenoxy) is 2. The minimum atomic E-state index is 0.608. The summed E-state index contributed by atoms with van der Waals surface area (Å²) < 4.78 is 10.4. The van der Waals surface area contributed by atoms with Gasteiger partial charge < -0.3 is 15.2 Å². The number of benzene rings is 1. The van der Waals surface area contributed by atoms with Gasteiger partial charge in [0.25, 0.3) is 0 Å². The summed E-state index contributed by atoms with van der Waals surface area (Å²) in [6.07, 6.45) is 0.992. The summed E-state index contributed by atoms with van der Waals surface area (Å²) in [7, 11) is 1.60. The normalized spacial score (nSPS) is 9.69. The molecular formula is C10H15NO2. The van der Waals surface area contributed by atoms with Crippen LogP contribution >= 0.6 is 0 Å². The van der Waals surface area contributed by atoms with Gasteiger partial charge in [-0.1, -0.05) is 6.92 Å². The number of nitrogen functional groups attached to an aromatic ring is 1. The van der Waals surface area contributed by atoms with E-state index in [1.54, 1.807) is 19.2 Å². The quantitative estimate of drug-likeness (QED) is 0.723. The fraction of sp³-hybridized carbons (Fsp3) is 0.400. The van der Waals surface area contributed by atoms with E-state index in [1.807, 2.05) is 6.07 Å². The Hall–Kier alpha value is -1.38. The van der Waals surface area contributed by atoms with Crippen molar-refractivity contribution in [3.8, 4) is 11.5 Å². The molecule has 0 atom stereocenters. The smallest absolute Gasteiger partial charge is 0.142 e. The topological polar surface area (TPSA) is 44.5 Å². The Morgan fingerprint density at radius 3 is 2.69 bits per heavy atom. The van der Waals surface area contributed by atoms with Crippen molar-refractivity contribution in [2.24, 2.45) is 0 Å². The van der Waals surface area contributed by atoms with Gasteiger partial charge in [0.05, 0.1) is 19.4 Å². The molecule has 0 bridgehead atoms. The maximum absolute atomic E-state index is 5.70. The molecule has 0 aromatic heterocycles. The van der Waals surface area contributed by atoms with Crippen LogP contribution in [-0.4, -0.2) is 13.7 Å². The molecule has 3 nitrogen and oxygen atoms in total. The maximum atomic E-state index is 5.70. The molecule has 2 N–H and O–H groups in total. The third kappa shape index (κ3) is 2.54. The van der Waals surface area contributed by atoms with Crippen molar-refractivity contribution in [2.45, 2.75) is 13.3 Å². The van der Waals surface area contributed by atoms with Crippen LogP contribution in [0.15, 0.2) is 18.2 Å². The molecule has 0 amide bonds. The van der Waals surface area contributed by atoms with Gasteiger partial charge in [0.2, 0.25) is 0 Å². The van der Waals surface area contributed by atoms with Crippen LogP contribution in [-0.2, 0) is 0 Å². The van der Waals surface area contributed by atoms with Gasteiger partial charge in [-0.25, -0.2) is 0 Å². The minimum absolute atomic E-state index is 0.608. The molecular weight excluding hydrogens is 166 g/mol. The third-order valence-corrected chi connectivity index (χ3v) is 1.67. The van der Waals surface area contributed by atoms with E-state index in [2.05, 4.69) is 6.92 Å². The first-order valence-corrected chi connectivity index (χ1v) is 4.34. The molecule has 0 heterocycles. The summed E-state index contributed by atoms with van der Waals surface area (Å²) in [6.45, 7) is 2.78. The first kappa shape index (κ1) is 9.71. The highest BCUT2D eigenvalue weighted by atomic mass is 16.5. The number of anilines is 1. The van der Waals surface area contributed by atoms with Gasteiger partial charge in [-0.3, -0.25) is 0 Å². The van der Waals surface area contributed by atoms with Crippen molar-refractivity contribution in [1.82, 2.24) is 0 Å². The van der Waals surface area contributed by atoms with Crippen molar-refractivity contribution < 1.29 is 9.47 Å². The molecule has 0 aliphatic rings. The molecule has 0 aliphatic carbocycles. The van der Waals surface area contributed by atoms with E-state index in [-0.39, 0.29) is 0 Å². The fourth-order valence-corrected chi connectivity index (χ4v) is 1.02. The molecule has 13 heavy (non-hydrogen) atoms. The molecule has 0 aliphatic heterocycles. The second-order valence-electron chi connectivity index (χ2n) is 2.75.